The Morgan fingerprint density at radius 2 is 2.22 bits per heavy atom. The van der Waals surface area contributed by atoms with E-state index >= 15 is 0 Å². The Balaban J connectivity index is 1.39. The first-order valence-corrected chi connectivity index (χ1v) is 10.4. The number of rotatable bonds is 4. The molecule has 3 saturated heterocycles. The number of amides is 1. The fourth-order valence-corrected chi connectivity index (χ4v) is 6.43. The number of carbonyl (C=O) groups is 1. The van der Waals surface area contributed by atoms with Crippen molar-refractivity contribution in [2.24, 2.45) is 5.92 Å². The van der Waals surface area contributed by atoms with Crippen molar-refractivity contribution in [3.8, 4) is 0 Å². The largest absolute Gasteiger partial charge is 0.347 e. The smallest absolute Gasteiger partial charge is 0.261 e. The SMILES string of the molecule is Cc1csc(Sc2ccc(C(=O)N[C@H]3CN4CCC3CC4)s2)n1. The van der Waals surface area contributed by atoms with Gasteiger partial charge in [-0.25, -0.2) is 4.98 Å². The highest BCUT2D eigenvalue weighted by molar-refractivity contribution is 8.02. The molecule has 1 N–H and O–H groups in total. The van der Waals surface area contributed by atoms with Gasteiger partial charge in [0.25, 0.3) is 5.91 Å². The number of aromatic nitrogens is 1. The third-order valence-corrected chi connectivity index (χ3v) is 7.84. The van der Waals surface area contributed by atoms with Crippen LogP contribution in [0.1, 0.15) is 28.2 Å². The van der Waals surface area contributed by atoms with Crippen LogP contribution in [0.2, 0.25) is 0 Å². The number of nitrogens with zero attached hydrogens (tertiary/aromatic N) is 2. The summed E-state index contributed by atoms with van der Waals surface area (Å²) in [5, 5.41) is 5.31. The van der Waals surface area contributed by atoms with Crippen LogP contribution in [-0.2, 0) is 0 Å². The van der Waals surface area contributed by atoms with Crippen LogP contribution in [0.25, 0.3) is 0 Å². The van der Waals surface area contributed by atoms with E-state index in [1.54, 1.807) is 34.4 Å². The maximum atomic E-state index is 12.5. The first-order valence-electron chi connectivity index (χ1n) is 7.90. The number of carbonyl (C=O) groups excluding carboxylic acids is 1. The van der Waals surface area contributed by atoms with E-state index in [0.717, 1.165) is 25.7 Å². The summed E-state index contributed by atoms with van der Waals surface area (Å²) in [4.78, 5) is 20.2. The minimum atomic E-state index is 0.0796. The Bertz CT molecular complexity index is 703. The summed E-state index contributed by atoms with van der Waals surface area (Å²) in [5.41, 5.74) is 1.05. The third kappa shape index (κ3) is 3.47. The van der Waals surface area contributed by atoms with E-state index in [4.69, 9.17) is 0 Å². The van der Waals surface area contributed by atoms with Crippen LogP contribution in [0.4, 0.5) is 0 Å². The minimum Gasteiger partial charge on any atom is -0.347 e. The second-order valence-electron chi connectivity index (χ2n) is 6.19. The zero-order valence-electron chi connectivity index (χ0n) is 12.9. The molecule has 4 nitrogen and oxygen atoms in total. The Kier molecular flexibility index (Phi) is 4.45. The molecule has 0 spiro atoms. The Morgan fingerprint density at radius 3 is 2.87 bits per heavy atom. The van der Waals surface area contributed by atoms with Gasteiger partial charge in [-0.05, 0) is 62.7 Å². The van der Waals surface area contributed by atoms with Crippen molar-refractivity contribution in [1.29, 1.82) is 0 Å². The van der Waals surface area contributed by atoms with Crippen LogP contribution in [0.5, 0.6) is 0 Å². The summed E-state index contributed by atoms with van der Waals surface area (Å²) in [6, 6.07) is 4.28. The van der Waals surface area contributed by atoms with E-state index in [0.29, 0.717) is 12.0 Å². The molecule has 5 rings (SSSR count). The monoisotopic (exact) mass is 365 g/mol. The molecule has 0 aliphatic carbocycles. The summed E-state index contributed by atoms with van der Waals surface area (Å²) in [5.74, 6) is 0.743. The van der Waals surface area contributed by atoms with Crippen LogP contribution in [0.3, 0.4) is 0 Å². The molecule has 2 bridgehead atoms. The minimum absolute atomic E-state index is 0.0796. The van der Waals surface area contributed by atoms with Crippen LogP contribution >= 0.6 is 34.4 Å². The number of aryl methyl sites for hydroxylation is 1. The van der Waals surface area contributed by atoms with Gasteiger partial charge in [-0.15, -0.1) is 22.7 Å². The van der Waals surface area contributed by atoms with Crippen molar-refractivity contribution in [2.45, 2.75) is 34.4 Å². The van der Waals surface area contributed by atoms with E-state index in [2.05, 4.69) is 20.6 Å². The van der Waals surface area contributed by atoms with E-state index in [9.17, 15) is 4.79 Å². The maximum Gasteiger partial charge on any atom is 0.261 e. The maximum absolute atomic E-state index is 12.5. The third-order valence-electron chi connectivity index (χ3n) is 4.56. The molecule has 5 heterocycles. The molecule has 0 aromatic carbocycles. The molecule has 1 amide bonds. The lowest BCUT2D eigenvalue weighted by atomic mass is 9.84. The van der Waals surface area contributed by atoms with Gasteiger partial charge < -0.3 is 10.2 Å². The number of nitrogens with one attached hydrogen (secondary N) is 1. The summed E-state index contributed by atoms with van der Waals surface area (Å²) in [7, 11) is 0. The Labute approximate surface area is 148 Å². The standard InChI is InChI=1S/C16H19N3OS3/c1-10-9-21-16(17-10)23-14-3-2-13(22-14)15(20)18-12-8-19-6-4-11(12)5-7-19/h2-3,9,11-12H,4-8H2,1H3,(H,18,20)/t12-/m0/s1. The molecule has 122 valence electrons. The number of thiazole rings is 1. The van der Waals surface area contributed by atoms with E-state index in [-0.39, 0.29) is 5.91 Å². The fourth-order valence-electron chi connectivity index (χ4n) is 3.33. The van der Waals surface area contributed by atoms with Gasteiger partial charge in [0.2, 0.25) is 0 Å². The molecule has 7 heteroatoms. The zero-order valence-corrected chi connectivity index (χ0v) is 15.4. The Hall–Kier alpha value is -0.890. The lowest BCUT2D eigenvalue weighted by Crippen LogP contribution is -2.57. The number of piperidine rings is 3. The van der Waals surface area contributed by atoms with Gasteiger partial charge in [0.15, 0.2) is 4.34 Å². The summed E-state index contributed by atoms with van der Waals surface area (Å²) >= 11 is 4.85. The molecular formula is C16H19N3OS3. The second kappa shape index (κ2) is 6.55. The molecule has 3 aliphatic heterocycles. The van der Waals surface area contributed by atoms with Crippen molar-refractivity contribution in [3.63, 3.8) is 0 Å². The molecule has 2 aromatic heterocycles. The summed E-state index contributed by atoms with van der Waals surface area (Å²) < 4.78 is 2.16. The highest BCUT2D eigenvalue weighted by atomic mass is 32.2. The van der Waals surface area contributed by atoms with Gasteiger partial charge in [-0.2, -0.15) is 0 Å². The first-order chi connectivity index (χ1) is 11.2. The molecule has 3 fully saturated rings. The van der Waals surface area contributed by atoms with Crippen molar-refractivity contribution in [3.05, 3.63) is 28.1 Å². The highest BCUT2D eigenvalue weighted by Gasteiger charge is 2.35. The van der Waals surface area contributed by atoms with E-state index < -0.39 is 0 Å². The van der Waals surface area contributed by atoms with Crippen molar-refractivity contribution >= 4 is 40.3 Å². The van der Waals surface area contributed by atoms with Gasteiger partial charge in [0, 0.05) is 23.7 Å². The van der Waals surface area contributed by atoms with Crippen LogP contribution in [0.15, 0.2) is 26.1 Å². The first kappa shape index (κ1) is 15.6. The molecule has 0 radical (unpaired) electrons. The van der Waals surface area contributed by atoms with Gasteiger partial charge in [-0.1, -0.05) is 0 Å². The number of hydrogen-bond donors (Lipinski definition) is 1. The average Bonchev–Trinajstić information content (AvgIpc) is 3.18. The van der Waals surface area contributed by atoms with Crippen molar-refractivity contribution in [1.82, 2.24) is 15.2 Å². The lowest BCUT2D eigenvalue weighted by Gasteiger charge is -2.44. The summed E-state index contributed by atoms with van der Waals surface area (Å²) in [6.45, 7) is 5.41. The van der Waals surface area contributed by atoms with E-state index in [1.165, 1.54) is 25.9 Å². The van der Waals surface area contributed by atoms with Crippen molar-refractivity contribution < 1.29 is 4.79 Å². The van der Waals surface area contributed by atoms with Gasteiger partial charge in [0.05, 0.1) is 9.09 Å². The van der Waals surface area contributed by atoms with Crippen LogP contribution < -0.4 is 5.32 Å². The normalized spacial score (nSPS) is 26.4. The summed E-state index contributed by atoms with van der Waals surface area (Å²) in [6.07, 6.45) is 2.44. The molecular weight excluding hydrogens is 346 g/mol. The van der Waals surface area contributed by atoms with Gasteiger partial charge in [-0.3, -0.25) is 4.79 Å². The molecule has 3 aliphatic rings. The quantitative estimate of drug-likeness (QED) is 0.901. The van der Waals surface area contributed by atoms with Gasteiger partial charge in [0.1, 0.15) is 0 Å². The number of fused-ring (bicyclic) bond motifs is 3. The molecule has 1 atom stereocenters. The van der Waals surface area contributed by atoms with Crippen LogP contribution in [0, 0.1) is 12.8 Å². The van der Waals surface area contributed by atoms with Crippen LogP contribution in [-0.4, -0.2) is 41.5 Å². The van der Waals surface area contributed by atoms with Crippen molar-refractivity contribution in [2.75, 3.05) is 19.6 Å². The molecule has 2 aromatic rings. The molecule has 0 saturated carbocycles. The van der Waals surface area contributed by atoms with Gasteiger partial charge >= 0.3 is 0 Å². The average molecular weight is 366 g/mol. The molecule has 0 unspecified atom stereocenters. The Morgan fingerprint density at radius 1 is 1.39 bits per heavy atom. The zero-order chi connectivity index (χ0) is 15.8. The number of thiophene rings is 1. The highest BCUT2D eigenvalue weighted by Crippen LogP contribution is 2.35. The predicted molar refractivity (Wildman–Crippen MR) is 95.7 cm³/mol. The predicted octanol–water partition coefficient (Wildman–Crippen LogP) is 3.49. The number of hydrogen-bond acceptors (Lipinski definition) is 6. The fraction of sp³-hybridized carbons (Fsp3) is 0.500. The van der Waals surface area contributed by atoms with E-state index in [1.807, 2.05) is 19.1 Å². The second-order valence-corrected chi connectivity index (χ2v) is 9.68. The lowest BCUT2D eigenvalue weighted by molar-refractivity contribution is 0.0622. The molecule has 23 heavy (non-hydrogen) atoms. The topological polar surface area (TPSA) is 45.2 Å².